The molecule has 22 heavy (non-hydrogen) atoms. The average molecular weight is 310 g/mol. The highest BCUT2D eigenvalue weighted by atomic mass is 16.5. The van der Waals surface area contributed by atoms with Crippen molar-refractivity contribution >= 4 is 5.78 Å². The van der Waals surface area contributed by atoms with Crippen molar-refractivity contribution in [2.75, 3.05) is 26.4 Å². The summed E-state index contributed by atoms with van der Waals surface area (Å²) in [5.74, 6) is 1.92. The number of fused-ring (bicyclic) bond motifs is 1. The van der Waals surface area contributed by atoms with E-state index in [4.69, 9.17) is 4.74 Å². The third kappa shape index (κ3) is 5.64. The third-order valence-corrected chi connectivity index (χ3v) is 5.07. The number of likely N-dealkylation sites (tertiary alicyclic amines) is 1. The summed E-state index contributed by atoms with van der Waals surface area (Å²) in [7, 11) is 0. The molecule has 1 N–H and O–H groups in total. The molecule has 0 aromatic heterocycles. The van der Waals surface area contributed by atoms with Crippen molar-refractivity contribution in [3.05, 3.63) is 0 Å². The molecule has 4 nitrogen and oxygen atoms in total. The summed E-state index contributed by atoms with van der Waals surface area (Å²) in [4.78, 5) is 14.0. The number of ketones is 1. The lowest BCUT2D eigenvalue weighted by Crippen LogP contribution is -2.52. The Morgan fingerprint density at radius 3 is 2.55 bits per heavy atom. The summed E-state index contributed by atoms with van der Waals surface area (Å²) in [5.41, 5.74) is 0.0834. The molecule has 0 bridgehead atoms. The molecule has 4 heteroatoms. The minimum atomic E-state index is 0.0834. The van der Waals surface area contributed by atoms with Crippen LogP contribution in [0, 0.1) is 11.8 Å². The Morgan fingerprint density at radius 2 is 1.91 bits per heavy atom. The highest BCUT2D eigenvalue weighted by Gasteiger charge is 2.36. The van der Waals surface area contributed by atoms with Crippen LogP contribution in [0.1, 0.15) is 59.8 Å². The smallest absolute Gasteiger partial charge is 0.143 e. The number of ether oxygens (including phenoxy) is 1. The number of carbonyl (C=O) groups excluding carboxylic acids is 1. The number of rotatable bonds is 6. The lowest BCUT2D eigenvalue weighted by molar-refractivity contribution is -0.120. The molecule has 0 aromatic carbocycles. The molecule has 2 aliphatic rings. The monoisotopic (exact) mass is 310 g/mol. The molecule has 2 fully saturated rings. The summed E-state index contributed by atoms with van der Waals surface area (Å²) in [6.45, 7) is 11.1. The number of hydrogen-bond acceptors (Lipinski definition) is 4. The van der Waals surface area contributed by atoms with Crippen LogP contribution in [0.4, 0.5) is 0 Å². The van der Waals surface area contributed by atoms with Crippen molar-refractivity contribution in [2.24, 2.45) is 11.8 Å². The Bertz CT molecular complexity index is 365. The topological polar surface area (TPSA) is 41.6 Å². The molecule has 1 aliphatic heterocycles. The second-order valence-electron chi connectivity index (χ2n) is 8.27. The average Bonchev–Trinajstić information content (AvgIpc) is 2.42. The molecule has 128 valence electrons. The van der Waals surface area contributed by atoms with E-state index in [1.54, 1.807) is 6.92 Å². The van der Waals surface area contributed by atoms with Gasteiger partial charge in [0.15, 0.2) is 0 Å². The lowest BCUT2D eigenvalue weighted by Gasteiger charge is -2.46. The number of carbonyl (C=O) groups is 1. The molecular formula is C18H34N2O2. The molecule has 0 aromatic rings. The molecule has 0 spiro atoms. The predicted molar refractivity (Wildman–Crippen MR) is 89.8 cm³/mol. The van der Waals surface area contributed by atoms with E-state index in [9.17, 15) is 4.79 Å². The maximum atomic E-state index is 11.6. The maximum absolute atomic E-state index is 11.6. The number of hydrogen-bond donors (Lipinski definition) is 1. The fourth-order valence-electron chi connectivity index (χ4n) is 3.90. The zero-order valence-electron chi connectivity index (χ0n) is 14.9. The van der Waals surface area contributed by atoms with Crippen LogP contribution in [0.25, 0.3) is 0 Å². The Kier molecular flexibility index (Phi) is 6.42. The van der Waals surface area contributed by atoms with Gasteiger partial charge in [0.1, 0.15) is 5.78 Å². The van der Waals surface area contributed by atoms with Crippen molar-refractivity contribution in [2.45, 2.75) is 71.4 Å². The second kappa shape index (κ2) is 7.89. The van der Waals surface area contributed by atoms with Crippen molar-refractivity contribution in [1.29, 1.82) is 0 Å². The second-order valence-corrected chi connectivity index (χ2v) is 8.27. The molecule has 2 rings (SSSR count). The number of Topliss-reactive ketones (excluding diaryl/α,β-unsaturated/α-hetero) is 1. The number of piperidine rings is 1. The third-order valence-electron chi connectivity index (χ3n) is 5.07. The fourth-order valence-corrected chi connectivity index (χ4v) is 3.90. The molecule has 3 atom stereocenters. The van der Waals surface area contributed by atoms with Gasteiger partial charge in [-0.3, -0.25) is 15.0 Å². The van der Waals surface area contributed by atoms with Crippen LogP contribution in [0.2, 0.25) is 0 Å². The van der Waals surface area contributed by atoms with Gasteiger partial charge in [-0.05, 0) is 52.4 Å². The van der Waals surface area contributed by atoms with Crippen LogP contribution in [0.15, 0.2) is 0 Å². The van der Waals surface area contributed by atoms with E-state index in [0.29, 0.717) is 19.3 Å². The molecule has 1 saturated heterocycles. The zero-order chi connectivity index (χ0) is 16.2. The van der Waals surface area contributed by atoms with E-state index in [2.05, 4.69) is 31.0 Å². The van der Waals surface area contributed by atoms with Crippen LogP contribution in [0.3, 0.4) is 0 Å². The highest BCUT2D eigenvalue weighted by Crippen LogP contribution is 2.38. The van der Waals surface area contributed by atoms with Crippen LogP contribution in [-0.4, -0.2) is 48.7 Å². The first-order chi connectivity index (χ1) is 10.3. The van der Waals surface area contributed by atoms with Crippen molar-refractivity contribution in [1.82, 2.24) is 10.2 Å². The summed E-state index contributed by atoms with van der Waals surface area (Å²) in [6, 6.07) is 0.407. The Morgan fingerprint density at radius 1 is 1.23 bits per heavy atom. The van der Waals surface area contributed by atoms with E-state index < -0.39 is 0 Å². The first-order valence-corrected chi connectivity index (χ1v) is 8.91. The minimum absolute atomic E-state index is 0.0834. The maximum Gasteiger partial charge on any atom is 0.143 e. The van der Waals surface area contributed by atoms with Gasteiger partial charge in [0.05, 0.1) is 19.9 Å². The summed E-state index contributed by atoms with van der Waals surface area (Å²) < 4.78 is 5.88. The van der Waals surface area contributed by atoms with Crippen LogP contribution in [0.5, 0.6) is 0 Å². The first-order valence-electron chi connectivity index (χ1n) is 8.91. The molecule has 0 amide bonds. The van der Waals surface area contributed by atoms with Crippen LogP contribution < -0.4 is 5.32 Å². The van der Waals surface area contributed by atoms with Crippen molar-refractivity contribution in [3.63, 3.8) is 0 Å². The van der Waals surface area contributed by atoms with Crippen LogP contribution >= 0.6 is 0 Å². The Hall–Kier alpha value is -0.450. The van der Waals surface area contributed by atoms with E-state index in [0.717, 1.165) is 25.0 Å². The fraction of sp³-hybridized carbons (Fsp3) is 0.944. The van der Waals surface area contributed by atoms with Gasteiger partial charge in [-0.15, -0.1) is 0 Å². The minimum Gasteiger partial charge on any atom is -0.365 e. The molecular weight excluding hydrogens is 276 g/mol. The van der Waals surface area contributed by atoms with Gasteiger partial charge < -0.3 is 4.74 Å². The van der Waals surface area contributed by atoms with E-state index in [1.807, 2.05) is 0 Å². The first kappa shape index (κ1) is 17.9. The lowest BCUT2D eigenvalue weighted by atomic mass is 9.73. The summed E-state index contributed by atoms with van der Waals surface area (Å²) >= 11 is 0. The van der Waals surface area contributed by atoms with Gasteiger partial charge in [0.2, 0.25) is 0 Å². The van der Waals surface area contributed by atoms with Crippen LogP contribution in [-0.2, 0) is 9.53 Å². The quantitative estimate of drug-likeness (QED) is 0.605. The molecule has 1 unspecified atom stereocenters. The van der Waals surface area contributed by atoms with Gasteiger partial charge in [-0.2, -0.15) is 0 Å². The number of nitrogens with zero attached hydrogens (tertiary/aromatic N) is 1. The Balaban J connectivity index is 1.85. The van der Waals surface area contributed by atoms with E-state index in [1.165, 1.54) is 32.1 Å². The van der Waals surface area contributed by atoms with Gasteiger partial charge >= 0.3 is 0 Å². The zero-order valence-corrected chi connectivity index (χ0v) is 14.9. The molecule has 1 heterocycles. The van der Waals surface area contributed by atoms with Crippen molar-refractivity contribution in [3.8, 4) is 0 Å². The summed E-state index contributed by atoms with van der Waals surface area (Å²) in [5, 5.41) is 3.37. The van der Waals surface area contributed by atoms with Gasteiger partial charge in [0, 0.05) is 18.1 Å². The van der Waals surface area contributed by atoms with Gasteiger partial charge in [-0.25, -0.2) is 0 Å². The molecule has 0 radical (unpaired) electrons. The predicted octanol–water partition coefficient (Wildman–Crippen LogP) is 2.82. The van der Waals surface area contributed by atoms with E-state index >= 15 is 0 Å². The van der Waals surface area contributed by atoms with E-state index in [-0.39, 0.29) is 11.3 Å². The Labute approximate surface area is 136 Å². The standard InChI is InChI=1S/C18H34N2O2/c1-14(21)10-20-11-16-8-6-5-7-15(16)9-17(20)12-22-13-19-18(2,3)4/h15-17,19H,5-13H2,1-4H3/t15-,16+,17?/m0/s1. The number of nitrogens with one attached hydrogen (secondary N) is 1. The molecule has 1 saturated carbocycles. The highest BCUT2D eigenvalue weighted by molar-refractivity contribution is 5.77. The largest absolute Gasteiger partial charge is 0.365 e. The normalized spacial score (nSPS) is 30.1. The van der Waals surface area contributed by atoms with Crippen molar-refractivity contribution < 1.29 is 9.53 Å². The summed E-state index contributed by atoms with van der Waals surface area (Å²) in [6.07, 6.45) is 6.67. The molecule has 1 aliphatic carbocycles. The van der Waals surface area contributed by atoms with Gasteiger partial charge in [-0.1, -0.05) is 19.3 Å². The SMILES string of the molecule is CC(=O)CN1C[C@H]2CCCC[C@H]2CC1COCNC(C)(C)C. The van der Waals surface area contributed by atoms with Gasteiger partial charge in [0.25, 0.3) is 0 Å².